The fourth-order valence-corrected chi connectivity index (χ4v) is 1.60. The molecule has 0 bridgehead atoms. The highest BCUT2D eigenvalue weighted by atomic mass is 79.9. The molecule has 0 aliphatic heterocycles. The van der Waals surface area contributed by atoms with E-state index >= 15 is 0 Å². The topological polar surface area (TPSA) is 21.3 Å². The van der Waals surface area contributed by atoms with E-state index in [1.807, 2.05) is 12.1 Å². The van der Waals surface area contributed by atoms with Crippen LogP contribution >= 0.6 is 15.9 Å². The van der Waals surface area contributed by atoms with Gasteiger partial charge in [-0.2, -0.15) is 5.48 Å². The molecular formula is C12H18BrNO. The van der Waals surface area contributed by atoms with E-state index in [2.05, 4.69) is 54.3 Å². The highest BCUT2D eigenvalue weighted by Gasteiger charge is 2.05. The van der Waals surface area contributed by atoms with Crippen LogP contribution in [0.15, 0.2) is 28.7 Å². The second-order valence-corrected chi connectivity index (χ2v) is 5.02. The Kier molecular flexibility index (Phi) is 5.29. The van der Waals surface area contributed by atoms with Gasteiger partial charge in [-0.3, -0.25) is 0 Å². The third-order valence-electron chi connectivity index (χ3n) is 2.03. The van der Waals surface area contributed by atoms with Crippen molar-refractivity contribution >= 4 is 15.9 Å². The quantitative estimate of drug-likeness (QED) is 0.825. The van der Waals surface area contributed by atoms with Crippen LogP contribution in [0.3, 0.4) is 0 Å². The van der Waals surface area contributed by atoms with Gasteiger partial charge in [0.05, 0.1) is 12.6 Å². The first-order chi connectivity index (χ1) is 7.09. The average Bonchev–Trinajstić information content (AvgIpc) is 2.17. The Morgan fingerprint density at radius 2 is 2.07 bits per heavy atom. The lowest BCUT2D eigenvalue weighted by Crippen LogP contribution is -2.21. The first-order valence-electron chi connectivity index (χ1n) is 5.22. The van der Waals surface area contributed by atoms with E-state index in [-0.39, 0.29) is 6.04 Å². The standard InChI is InChI=1S/C12H18BrNO/c1-9(2)8-15-14-10(3)11-5-4-6-12(13)7-11/h4-7,9-10,14H,8H2,1-3H3. The molecule has 1 atom stereocenters. The summed E-state index contributed by atoms with van der Waals surface area (Å²) in [5.74, 6) is 0.548. The SMILES string of the molecule is CC(C)CONC(C)c1cccc(Br)c1. The Morgan fingerprint density at radius 1 is 1.33 bits per heavy atom. The Balaban J connectivity index is 2.43. The summed E-state index contributed by atoms with van der Waals surface area (Å²) in [6, 6.07) is 8.43. The third-order valence-corrected chi connectivity index (χ3v) is 2.52. The molecule has 15 heavy (non-hydrogen) atoms. The largest absolute Gasteiger partial charge is 0.301 e. The van der Waals surface area contributed by atoms with Crippen LogP contribution in [0.25, 0.3) is 0 Å². The van der Waals surface area contributed by atoms with Crippen molar-refractivity contribution in [3.05, 3.63) is 34.3 Å². The van der Waals surface area contributed by atoms with Gasteiger partial charge in [0.2, 0.25) is 0 Å². The lowest BCUT2D eigenvalue weighted by Gasteiger charge is -2.15. The maximum absolute atomic E-state index is 5.39. The molecule has 1 rings (SSSR count). The molecule has 0 spiro atoms. The summed E-state index contributed by atoms with van der Waals surface area (Å²) in [5, 5.41) is 0. The molecule has 0 amide bonds. The maximum atomic E-state index is 5.39. The lowest BCUT2D eigenvalue weighted by molar-refractivity contribution is 0.00408. The fraction of sp³-hybridized carbons (Fsp3) is 0.500. The number of hydrogen-bond donors (Lipinski definition) is 1. The number of rotatable bonds is 5. The molecule has 0 radical (unpaired) electrons. The molecule has 84 valence electrons. The molecule has 0 saturated heterocycles. The molecule has 0 fully saturated rings. The van der Waals surface area contributed by atoms with Crippen molar-refractivity contribution in [2.24, 2.45) is 5.92 Å². The van der Waals surface area contributed by atoms with Crippen LogP contribution in [-0.2, 0) is 4.84 Å². The molecule has 0 heterocycles. The summed E-state index contributed by atoms with van der Waals surface area (Å²) in [4.78, 5) is 5.39. The van der Waals surface area contributed by atoms with Crippen molar-refractivity contribution in [1.29, 1.82) is 0 Å². The molecule has 1 unspecified atom stereocenters. The minimum absolute atomic E-state index is 0.209. The number of hydrogen-bond acceptors (Lipinski definition) is 2. The number of hydroxylamine groups is 1. The minimum atomic E-state index is 0.209. The summed E-state index contributed by atoms with van der Waals surface area (Å²) in [5.41, 5.74) is 4.25. The number of halogens is 1. The highest BCUT2D eigenvalue weighted by Crippen LogP contribution is 2.17. The van der Waals surface area contributed by atoms with Gasteiger partial charge >= 0.3 is 0 Å². The Morgan fingerprint density at radius 3 is 2.67 bits per heavy atom. The van der Waals surface area contributed by atoms with Gasteiger partial charge < -0.3 is 4.84 Å². The van der Waals surface area contributed by atoms with Crippen molar-refractivity contribution < 1.29 is 4.84 Å². The highest BCUT2D eigenvalue weighted by molar-refractivity contribution is 9.10. The number of nitrogens with one attached hydrogen (secondary N) is 1. The molecule has 0 saturated carbocycles. The van der Waals surface area contributed by atoms with Crippen LogP contribution in [0.1, 0.15) is 32.4 Å². The normalized spacial score (nSPS) is 13.1. The first kappa shape index (κ1) is 12.7. The van der Waals surface area contributed by atoms with E-state index in [1.165, 1.54) is 5.56 Å². The zero-order valence-electron chi connectivity index (χ0n) is 9.46. The monoisotopic (exact) mass is 271 g/mol. The van der Waals surface area contributed by atoms with Crippen LogP contribution in [-0.4, -0.2) is 6.61 Å². The second-order valence-electron chi connectivity index (χ2n) is 4.10. The van der Waals surface area contributed by atoms with Gasteiger partial charge in [0.1, 0.15) is 0 Å². The van der Waals surface area contributed by atoms with Crippen molar-refractivity contribution in [3.63, 3.8) is 0 Å². The second kappa shape index (κ2) is 6.26. The van der Waals surface area contributed by atoms with Crippen LogP contribution in [0.4, 0.5) is 0 Å². The molecule has 0 aliphatic rings. The smallest absolute Gasteiger partial charge is 0.0705 e. The molecule has 2 nitrogen and oxygen atoms in total. The van der Waals surface area contributed by atoms with E-state index < -0.39 is 0 Å². The van der Waals surface area contributed by atoms with Crippen molar-refractivity contribution in [2.75, 3.05) is 6.61 Å². The van der Waals surface area contributed by atoms with E-state index in [0.717, 1.165) is 11.1 Å². The van der Waals surface area contributed by atoms with Crippen molar-refractivity contribution in [3.8, 4) is 0 Å². The average molecular weight is 272 g/mol. The van der Waals surface area contributed by atoms with Gasteiger partial charge in [-0.1, -0.05) is 41.9 Å². The van der Waals surface area contributed by atoms with Crippen LogP contribution in [0.5, 0.6) is 0 Å². The van der Waals surface area contributed by atoms with Gasteiger partial charge in [0, 0.05) is 4.47 Å². The van der Waals surface area contributed by atoms with E-state index in [0.29, 0.717) is 5.92 Å². The first-order valence-corrected chi connectivity index (χ1v) is 6.01. The predicted octanol–water partition coefficient (Wildman–Crippen LogP) is 3.69. The van der Waals surface area contributed by atoms with Crippen LogP contribution < -0.4 is 5.48 Å². The van der Waals surface area contributed by atoms with E-state index in [9.17, 15) is 0 Å². The molecule has 1 N–H and O–H groups in total. The molecular weight excluding hydrogens is 254 g/mol. The predicted molar refractivity (Wildman–Crippen MR) is 66.5 cm³/mol. The van der Waals surface area contributed by atoms with Gasteiger partial charge in [-0.05, 0) is 30.5 Å². The van der Waals surface area contributed by atoms with Crippen molar-refractivity contribution in [2.45, 2.75) is 26.8 Å². The van der Waals surface area contributed by atoms with Gasteiger partial charge in [0.15, 0.2) is 0 Å². The maximum Gasteiger partial charge on any atom is 0.0705 e. The van der Waals surface area contributed by atoms with Crippen LogP contribution in [0, 0.1) is 5.92 Å². The summed E-state index contributed by atoms with van der Waals surface area (Å²) in [6.07, 6.45) is 0. The lowest BCUT2D eigenvalue weighted by atomic mass is 10.1. The summed E-state index contributed by atoms with van der Waals surface area (Å²) in [7, 11) is 0. The minimum Gasteiger partial charge on any atom is -0.301 e. The third kappa shape index (κ3) is 4.78. The van der Waals surface area contributed by atoms with E-state index in [4.69, 9.17) is 4.84 Å². The number of benzene rings is 1. The molecule has 0 aromatic heterocycles. The van der Waals surface area contributed by atoms with Gasteiger partial charge in [-0.15, -0.1) is 0 Å². The molecule has 1 aromatic rings. The Bertz CT molecular complexity index is 301. The summed E-state index contributed by atoms with van der Waals surface area (Å²) >= 11 is 3.45. The zero-order chi connectivity index (χ0) is 11.3. The van der Waals surface area contributed by atoms with Gasteiger partial charge in [-0.25, -0.2) is 0 Å². The van der Waals surface area contributed by atoms with Crippen LogP contribution in [0.2, 0.25) is 0 Å². The molecule has 0 aliphatic carbocycles. The summed E-state index contributed by atoms with van der Waals surface area (Å²) < 4.78 is 1.09. The van der Waals surface area contributed by atoms with Crippen molar-refractivity contribution in [1.82, 2.24) is 5.48 Å². The fourth-order valence-electron chi connectivity index (χ4n) is 1.18. The molecule has 1 aromatic carbocycles. The van der Waals surface area contributed by atoms with Gasteiger partial charge in [0.25, 0.3) is 0 Å². The Hall–Kier alpha value is -0.380. The van der Waals surface area contributed by atoms with E-state index in [1.54, 1.807) is 0 Å². The Labute approximate surface area is 100 Å². The zero-order valence-corrected chi connectivity index (χ0v) is 11.0. The molecule has 3 heteroatoms. The summed E-state index contributed by atoms with van der Waals surface area (Å²) in [6.45, 7) is 7.08.